The molecule has 0 aromatic carbocycles. The lowest BCUT2D eigenvalue weighted by atomic mass is 9.82. The smallest absolute Gasteiger partial charge is 0.241 e. The van der Waals surface area contributed by atoms with Gasteiger partial charge in [0.05, 0.1) is 24.2 Å². The van der Waals surface area contributed by atoms with Crippen molar-refractivity contribution in [2.45, 2.75) is 51.7 Å². The Bertz CT molecular complexity index is 398. The van der Waals surface area contributed by atoms with Gasteiger partial charge in [0.1, 0.15) is 0 Å². The number of carbonyl (C=O) groups is 2. The second-order valence-corrected chi connectivity index (χ2v) is 6.80. The number of nitrogens with one attached hydrogen (secondary N) is 1. The molecule has 0 bridgehead atoms. The Morgan fingerprint density at radius 2 is 2.00 bits per heavy atom. The van der Waals surface area contributed by atoms with Gasteiger partial charge in [-0.25, -0.2) is 0 Å². The SMILES string of the molecule is CO[C@H]1[C@H](C)C[C@](C)(O)CCCN(C)C(=O)CNC(=O)[C@@H]1C. The Hall–Kier alpha value is -1.14. The summed E-state index contributed by atoms with van der Waals surface area (Å²) in [5, 5.41) is 13.2. The Morgan fingerprint density at radius 3 is 2.59 bits per heavy atom. The van der Waals surface area contributed by atoms with Crippen LogP contribution in [0.3, 0.4) is 0 Å². The largest absolute Gasteiger partial charge is 0.390 e. The molecule has 2 N–H and O–H groups in total. The lowest BCUT2D eigenvalue weighted by Crippen LogP contribution is -2.44. The van der Waals surface area contributed by atoms with E-state index in [4.69, 9.17) is 4.74 Å². The van der Waals surface area contributed by atoms with Gasteiger partial charge in [-0.05, 0) is 32.1 Å². The fourth-order valence-corrected chi connectivity index (χ4v) is 3.27. The average Bonchev–Trinajstić information content (AvgIpc) is 2.43. The van der Waals surface area contributed by atoms with Crippen LogP contribution in [0.1, 0.15) is 40.0 Å². The summed E-state index contributed by atoms with van der Waals surface area (Å²) in [6.07, 6.45) is 1.60. The molecule has 6 heteroatoms. The molecular weight excluding hydrogens is 284 g/mol. The molecule has 1 saturated heterocycles. The van der Waals surface area contributed by atoms with Gasteiger partial charge in [0.25, 0.3) is 0 Å². The van der Waals surface area contributed by atoms with Crippen molar-refractivity contribution in [3.8, 4) is 0 Å². The van der Waals surface area contributed by atoms with Crippen molar-refractivity contribution in [1.29, 1.82) is 0 Å². The average molecular weight is 314 g/mol. The summed E-state index contributed by atoms with van der Waals surface area (Å²) in [6.45, 7) is 6.16. The number of rotatable bonds is 1. The van der Waals surface area contributed by atoms with Gasteiger partial charge in [0.15, 0.2) is 0 Å². The van der Waals surface area contributed by atoms with Gasteiger partial charge in [-0.15, -0.1) is 0 Å². The Balaban J connectivity index is 2.93. The van der Waals surface area contributed by atoms with E-state index in [0.29, 0.717) is 19.4 Å². The van der Waals surface area contributed by atoms with Crippen LogP contribution in [0.2, 0.25) is 0 Å². The second-order valence-electron chi connectivity index (χ2n) is 6.80. The van der Waals surface area contributed by atoms with Crippen LogP contribution in [0.25, 0.3) is 0 Å². The lowest BCUT2D eigenvalue weighted by Gasteiger charge is -2.33. The van der Waals surface area contributed by atoms with Gasteiger partial charge in [0, 0.05) is 20.7 Å². The highest BCUT2D eigenvalue weighted by Crippen LogP contribution is 2.28. The molecule has 1 aliphatic rings. The van der Waals surface area contributed by atoms with Crippen LogP contribution < -0.4 is 5.32 Å². The molecule has 0 aromatic rings. The predicted molar refractivity (Wildman–Crippen MR) is 84.2 cm³/mol. The first kappa shape index (κ1) is 18.9. The van der Waals surface area contributed by atoms with E-state index in [0.717, 1.165) is 6.42 Å². The summed E-state index contributed by atoms with van der Waals surface area (Å²) in [5.41, 5.74) is -0.829. The topological polar surface area (TPSA) is 78.9 Å². The van der Waals surface area contributed by atoms with Gasteiger partial charge >= 0.3 is 0 Å². The van der Waals surface area contributed by atoms with E-state index >= 15 is 0 Å². The first-order valence-corrected chi connectivity index (χ1v) is 7.95. The molecule has 0 aliphatic carbocycles. The lowest BCUT2D eigenvalue weighted by molar-refractivity contribution is -0.135. The monoisotopic (exact) mass is 314 g/mol. The molecule has 0 aromatic heterocycles. The van der Waals surface area contributed by atoms with Crippen LogP contribution in [-0.4, -0.2) is 60.8 Å². The van der Waals surface area contributed by atoms with E-state index in [-0.39, 0.29) is 36.3 Å². The zero-order valence-electron chi connectivity index (χ0n) is 14.4. The molecule has 0 spiro atoms. The maximum atomic E-state index is 12.2. The van der Waals surface area contributed by atoms with Crippen molar-refractivity contribution in [3.63, 3.8) is 0 Å². The second kappa shape index (κ2) is 7.92. The highest BCUT2D eigenvalue weighted by Gasteiger charge is 2.34. The van der Waals surface area contributed by atoms with Gasteiger partial charge in [-0.1, -0.05) is 13.8 Å². The Morgan fingerprint density at radius 1 is 1.36 bits per heavy atom. The standard InChI is InChI=1S/C16H30N2O4/c1-11-9-16(3,21)7-6-8-18(4)13(19)10-17-15(20)12(2)14(11)22-5/h11-12,14,21H,6-10H2,1-5H3,(H,17,20)/t11-,12-,14+,16-/m1/s1. The molecule has 2 amide bonds. The predicted octanol–water partition coefficient (Wildman–Crippen LogP) is 0.783. The van der Waals surface area contributed by atoms with Crippen LogP contribution in [0.15, 0.2) is 0 Å². The molecule has 22 heavy (non-hydrogen) atoms. The van der Waals surface area contributed by atoms with Gasteiger partial charge in [-0.3, -0.25) is 9.59 Å². The number of likely N-dealkylation sites (N-methyl/N-ethyl adjacent to an activating group) is 1. The minimum atomic E-state index is -0.829. The summed E-state index contributed by atoms with van der Waals surface area (Å²) in [7, 11) is 3.30. The molecule has 1 rings (SSSR count). The van der Waals surface area contributed by atoms with Crippen molar-refractivity contribution in [2.75, 3.05) is 27.2 Å². The van der Waals surface area contributed by atoms with E-state index in [1.54, 1.807) is 26.0 Å². The minimum Gasteiger partial charge on any atom is -0.390 e. The van der Waals surface area contributed by atoms with Crippen LogP contribution in [-0.2, 0) is 14.3 Å². The van der Waals surface area contributed by atoms with E-state index < -0.39 is 5.60 Å². The molecule has 1 aliphatic heterocycles. The van der Waals surface area contributed by atoms with Crippen molar-refractivity contribution >= 4 is 11.8 Å². The maximum Gasteiger partial charge on any atom is 0.241 e. The summed E-state index contributed by atoms with van der Waals surface area (Å²) >= 11 is 0. The third kappa shape index (κ3) is 5.25. The molecule has 0 unspecified atom stereocenters. The number of carbonyl (C=O) groups excluding carboxylic acids is 2. The summed E-state index contributed by atoms with van der Waals surface area (Å²) in [6, 6.07) is 0. The van der Waals surface area contributed by atoms with Crippen molar-refractivity contribution in [3.05, 3.63) is 0 Å². The number of amides is 2. The molecular formula is C16H30N2O4. The number of aliphatic hydroxyl groups is 1. The molecule has 4 atom stereocenters. The zero-order chi connectivity index (χ0) is 16.9. The van der Waals surface area contributed by atoms with Gasteiger partial charge in [-0.2, -0.15) is 0 Å². The highest BCUT2D eigenvalue weighted by atomic mass is 16.5. The van der Waals surface area contributed by atoms with Crippen LogP contribution >= 0.6 is 0 Å². The highest BCUT2D eigenvalue weighted by molar-refractivity contribution is 5.85. The zero-order valence-corrected chi connectivity index (χ0v) is 14.4. The first-order chi connectivity index (χ1) is 10.2. The summed E-state index contributed by atoms with van der Waals surface area (Å²) < 4.78 is 5.50. The van der Waals surface area contributed by atoms with Crippen molar-refractivity contribution in [2.24, 2.45) is 11.8 Å². The van der Waals surface area contributed by atoms with E-state index in [1.165, 1.54) is 0 Å². The first-order valence-electron chi connectivity index (χ1n) is 7.95. The molecule has 1 fully saturated rings. The molecule has 1 heterocycles. The molecule has 0 saturated carbocycles. The fourth-order valence-electron chi connectivity index (χ4n) is 3.27. The number of nitrogens with zero attached hydrogens (tertiary/aromatic N) is 1. The summed E-state index contributed by atoms with van der Waals surface area (Å²) in [4.78, 5) is 25.8. The summed E-state index contributed by atoms with van der Waals surface area (Å²) in [5.74, 6) is -0.662. The van der Waals surface area contributed by atoms with Crippen molar-refractivity contribution < 1.29 is 19.4 Å². The Labute approximate surface area is 133 Å². The third-order valence-corrected chi connectivity index (χ3v) is 4.55. The number of hydrogen-bond acceptors (Lipinski definition) is 4. The van der Waals surface area contributed by atoms with Crippen LogP contribution in [0.4, 0.5) is 0 Å². The Kier molecular flexibility index (Phi) is 6.81. The molecule has 6 nitrogen and oxygen atoms in total. The minimum absolute atomic E-state index is 0.000874. The number of methoxy groups -OCH3 is 1. The molecule has 0 radical (unpaired) electrons. The van der Waals surface area contributed by atoms with Crippen LogP contribution in [0, 0.1) is 11.8 Å². The quantitative estimate of drug-likeness (QED) is 0.750. The fraction of sp³-hybridized carbons (Fsp3) is 0.875. The maximum absolute atomic E-state index is 12.2. The molecule has 128 valence electrons. The van der Waals surface area contributed by atoms with Gasteiger partial charge < -0.3 is 20.1 Å². The van der Waals surface area contributed by atoms with Crippen LogP contribution in [0.5, 0.6) is 0 Å². The number of ether oxygens (including phenoxy) is 1. The normalized spacial score (nSPS) is 36.1. The van der Waals surface area contributed by atoms with Gasteiger partial charge in [0.2, 0.25) is 11.8 Å². The van der Waals surface area contributed by atoms with E-state index in [2.05, 4.69) is 5.32 Å². The van der Waals surface area contributed by atoms with E-state index in [1.807, 2.05) is 13.8 Å². The number of hydrogen-bond donors (Lipinski definition) is 2. The van der Waals surface area contributed by atoms with E-state index in [9.17, 15) is 14.7 Å². The van der Waals surface area contributed by atoms with Crippen molar-refractivity contribution in [1.82, 2.24) is 10.2 Å². The third-order valence-electron chi connectivity index (χ3n) is 4.55.